The molecule has 0 rings (SSSR count). The predicted octanol–water partition coefficient (Wildman–Crippen LogP) is -0.491. The number of hydrogen-bond donors (Lipinski definition) is 3. The standard InChI is InChI=1S/C6H16N2O/c1-5(2)3-8-4-6(7)9/h5-6,8-9H,3-4,7H2,1-2H3. The smallest absolute Gasteiger partial charge is 0.115 e. The van der Waals surface area contributed by atoms with Crippen LogP contribution in [0, 0.1) is 5.92 Å². The van der Waals surface area contributed by atoms with Gasteiger partial charge in [-0.3, -0.25) is 0 Å². The number of nitrogens with two attached hydrogens (primary N) is 1. The summed E-state index contributed by atoms with van der Waals surface area (Å²) in [4.78, 5) is 0. The topological polar surface area (TPSA) is 58.3 Å². The highest BCUT2D eigenvalue weighted by Gasteiger charge is 1.95. The SMILES string of the molecule is CC(C)CNCC(N)O. The van der Waals surface area contributed by atoms with Crippen molar-refractivity contribution in [3.8, 4) is 0 Å². The number of aliphatic hydroxyl groups is 1. The largest absolute Gasteiger partial charge is 0.377 e. The van der Waals surface area contributed by atoms with Crippen LogP contribution in [0.3, 0.4) is 0 Å². The fourth-order valence-electron chi connectivity index (χ4n) is 0.520. The molecule has 0 aromatic heterocycles. The van der Waals surface area contributed by atoms with E-state index in [1.807, 2.05) is 0 Å². The van der Waals surface area contributed by atoms with E-state index in [0.717, 1.165) is 6.54 Å². The summed E-state index contributed by atoms with van der Waals surface area (Å²) < 4.78 is 0. The van der Waals surface area contributed by atoms with Gasteiger partial charge in [0.2, 0.25) is 0 Å². The van der Waals surface area contributed by atoms with Crippen LogP contribution in [0.15, 0.2) is 0 Å². The monoisotopic (exact) mass is 132 g/mol. The summed E-state index contributed by atoms with van der Waals surface area (Å²) in [6, 6.07) is 0. The summed E-state index contributed by atoms with van der Waals surface area (Å²) >= 11 is 0. The molecule has 0 aliphatic rings. The van der Waals surface area contributed by atoms with Crippen molar-refractivity contribution in [3.05, 3.63) is 0 Å². The Balaban J connectivity index is 2.91. The van der Waals surface area contributed by atoms with E-state index in [9.17, 15) is 0 Å². The van der Waals surface area contributed by atoms with Gasteiger partial charge in [-0.15, -0.1) is 0 Å². The van der Waals surface area contributed by atoms with Crippen molar-refractivity contribution >= 4 is 0 Å². The number of rotatable bonds is 4. The second-order valence-corrected chi connectivity index (χ2v) is 2.62. The van der Waals surface area contributed by atoms with Crippen LogP contribution in [-0.2, 0) is 0 Å². The summed E-state index contributed by atoms with van der Waals surface area (Å²) in [6.45, 7) is 5.61. The van der Waals surface area contributed by atoms with Gasteiger partial charge in [-0.25, -0.2) is 0 Å². The fraction of sp³-hybridized carbons (Fsp3) is 1.00. The molecule has 0 spiro atoms. The molecule has 1 atom stereocenters. The molecule has 4 N–H and O–H groups in total. The highest BCUT2D eigenvalue weighted by atomic mass is 16.3. The van der Waals surface area contributed by atoms with Crippen molar-refractivity contribution < 1.29 is 5.11 Å². The lowest BCUT2D eigenvalue weighted by Crippen LogP contribution is -2.35. The highest BCUT2D eigenvalue weighted by Crippen LogP contribution is 1.85. The average Bonchev–Trinajstić information content (AvgIpc) is 1.63. The normalized spacial score (nSPS) is 14.3. The van der Waals surface area contributed by atoms with Crippen LogP contribution in [0.4, 0.5) is 0 Å². The van der Waals surface area contributed by atoms with Crippen molar-refractivity contribution in [1.82, 2.24) is 5.32 Å². The van der Waals surface area contributed by atoms with Crippen LogP contribution in [0.5, 0.6) is 0 Å². The third-order valence-electron chi connectivity index (χ3n) is 0.906. The van der Waals surface area contributed by atoms with Gasteiger partial charge in [0.05, 0.1) is 0 Å². The zero-order valence-electron chi connectivity index (χ0n) is 6.09. The van der Waals surface area contributed by atoms with Gasteiger partial charge in [0.15, 0.2) is 0 Å². The first-order valence-corrected chi connectivity index (χ1v) is 3.27. The van der Waals surface area contributed by atoms with Crippen LogP contribution in [0.2, 0.25) is 0 Å². The molecule has 56 valence electrons. The van der Waals surface area contributed by atoms with Gasteiger partial charge >= 0.3 is 0 Å². The Labute approximate surface area is 56.2 Å². The molecule has 0 heterocycles. The average molecular weight is 132 g/mol. The molecule has 0 aliphatic carbocycles. The van der Waals surface area contributed by atoms with E-state index in [0.29, 0.717) is 12.5 Å². The van der Waals surface area contributed by atoms with Gasteiger partial charge in [0, 0.05) is 6.54 Å². The number of aliphatic hydroxyl groups excluding tert-OH is 1. The molecule has 0 amide bonds. The predicted molar refractivity (Wildman–Crippen MR) is 37.9 cm³/mol. The Morgan fingerprint density at radius 3 is 2.33 bits per heavy atom. The Morgan fingerprint density at radius 2 is 2.00 bits per heavy atom. The highest BCUT2D eigenvalue weighted by molar-refractivity contribution is 4.53. The van der Waals surface area contributed by atoms with Crippen LogP contribution in [0.25, 0.3) is 0 Å². The lowest BCUT2D eigenvalue weighted by Gasteiger charge is -2.08. The molecular formula is C6H16N2O. The molecule has 0 saturated heterocycles. The van der Waals surface area contributed by atoms with Gasteiger partial charge in [0.25, 0.3) is 0 Å². The molecule has 1 unspecified atom stereocenters. The van der Waals surface area contributed by atoms with Gasteiger partial charge in [0.1, 0.15) is 6.23 Å². The van der Waals surface area contributed by atoms with E-state index >= 15 is 0 Å². The minimum Gasteiger partial charge on any atom is -0.377 e. The molecule has 0 radical (unpaired) electrons. The zero-order chi connectivity index (χ0) is 7.28. The van der Waals surface area contributed by atoms with E-state index in [2.05, 4.69) is 19.2 Å². The molecule has 0 saturated carbocycles. The van der Waals surface area contributed by atoms with Crippen molar-refractivity contribution in [3.63, 3.8) is 0 Å². The molecule has 0 aromatic rings. The first-order valence-electron chi connectivity index (χ1n) is 3.27. The number of nitrogens with one attached hydrogen (secondary N) is 1. The summed E-state index contributed by atoms with van der Waals surface area (Å²) in [5, 5.41) is 11.6. The summed E-state index contributed by atoms with van der Waals surface area (Å²) in [7, 11) is 0. The third kappa shape index (κ3) is 7.88. The van der Waals surface area contributed by atoms with Gasteiger partial charge < -0.3 is 16.2 Å². The van der Waals surface area contributed by atoms with Gasteiger partial charge in [-0.1, -0.05) is 13.8 Å². The minimum atomic E-state index is -0.719. The van der Waals surface area contributed by atoms with E-state index in [-0.39, 0.29) is 0 Å². The minimum absolute atomic E-state index is 0.484. The van der Waals surface area contributed by atoms with Crippen LogP contribution < -0.4 is 11.1 Å². The summed E-state index contributed by atoms with van der Waals surface area (Å²) in [5.74, 6) is 0.615. The van der Waals surface area contributed by atoms with Crippen LogP contribution in [-0.4, -0.2) is 24.4 Å². The van der Waals surface area contributed by atoms with Crippen molar-refractivity contribution in [2.75, 3.05) is 13.1 Å². The van der Waals surface area contributed by atoms with E-state index in [4.69, 9.17) is 10.8 Å². The van der Waals surface area contributed by atoms with Crippen LogP contribution in [0.1, 0.15) is 13.8 Å². The van der Waals surface area contributed by atoms with E-state index in [1.165, 1.54) is 0 Å². The Bertz CT molecular complexity index is 56.1. The van der Waals surface area contributed by atoms with E-state index in [1.54, 1.807) is 0 Å². The van der Waals surface area contributed by atoms with Gasteiger partial charge in [-0.05, 0) is 12.5 Å². The van der Waals surface area contributed by atoms with Crippen molar-refractivity contribution in [2.45, 2.75) is 20.1 Å². The quantitative estimate of drug-likeness (QED) is 0.452. The molecule has 9 heavy (non-hydrogen) atoms. The molecule has 0 aromatic carbocycles. The Morgan fingerprint density at radius 1 is 1.44 bits per heavy atom. The first-order chi connectivity index (χ1) is 4.13. The first kappa shape index (κ1) is 8.88. The van der Waals surface area contributed by atoms with Gasteiger partial charge in [-0.2, -0.15) is 0 Å². The van der Waals surface area contributed by atoms with E-state index < -0.39 is 6.23 Å². The van der Waals surface area contributed by atoms with Crippen molar-refractivity contribution in [2.24, 2.45) is 11.7 Å². The summed E-state index contributed by atoms with van der Waals surface area (Å²) in [6.07, 6.45) is -0.719. The lowest BCUT2D eigenvalue weighted by atomic mass is 10.2. The molecule has 0 fully saturated rings. The van der Waals surface area contributed by atoms with Crippen LogP contribution >= 0.6 is 0 Å². The molecule has 0 bridgehead atoms. The maximum atomic E-state index is 8.58. The van der Waals surface area contributed by atoms with Crippen molar-refractivity contribution in [1.29, 1.82) is 0 Å². The Kier molecular flexibility index (Phi) is 4.67. The molecule has 3 nitrogen and oxygen atoms in total. The third-order valence-corrected chi connectivity index (χ3v) is 0.906. The Hall–Kier alpha value is -0.120. The maximum Gasteiger partial charge on any atom is 0.115 e. The number of hydrogen-bond acceptors (Lipinski definition) is 3. The fourth-order valence-corrected chi connectivity index (χ4v) is 0.520. The second-order valence-electron chi connectivity index (χ2n) is 2.62. The summed E-state index contributed by atoms with van der Waals surface area (Å²) in [5.41, 5.74) is 5.07. The maximum absolute atomic E-state index is 8.58. The second kappa shape index (κ2) is 4.73. The lowest BCUT2D eigenvalue weighted by molar-refractivity contribution is 0.178. The molecular weight excluding hydrogens is 116 g/mol. The zero-order valence-corrected chi connectivity index (χ0v) is 6.09. The molecule has 0 aliphatic heterocycles. The molecule has 3 heteroatoms.